The minimum atomic E-state index is -0.199. The Balaban J connectivity index is 1.48. The van der Waals surface area contributed by atoms with Crippen LogP contribution in [-0.4, -0.2) is 24.9 Å². The van der Waals surface area contributed by atoms with Gasteiger partial charge in [0, 0.05) is 40.9 Å². The molecule has 6 nitrogen and oxygen atoms in total. The van der Waals surface area contributed by atoms with Crippen LogP contribution in [0.15, 0.2) is 54.6 Å². The van der Waals surface area contributed by atoms with Crippen molar-refractivity contribution in [3.63, 3.8) is 0 Å². The summed E-state index contributed by atoms with van der Waals surface area (Å²) >= 11 is 0. The molecular weight excluding hydrogens is 388 g/mol. The topological polar surface area (TPSA) is 94.0 Å². The van der Waals surface area contributed by atoms with Crippen molar-refractivity contribution < 1.29 is 9.59 Å². The highest BCUT2D eigenvalue weighted by atomic mass is 16.1. The molecule has 0 fully saturated rings. The molecule has 1 aliphatic carbocycles. The van der Waals surface area contributed by atoms with E-state index in [9.17, 15) is 14.9 Å². The molecule has 4 rings (SSSR count). The summed E-state index contributed by atoms with van der Waals surface area (Å²) in [5, 5.41) is 18.6. The third-order valence-corrected chi connectivity index (χ3v) is 6.41. The van der Waals surface area contributed by atoms with Crippen LogP contribution in [0.1, 0.15) is 47.7 Å². The van der Waals surface area contributed by atoms with Crippen LogP contribution >= 0.6 is 0 Å². The number of amides is 2. The van der Waals surface area contributed by atoms with Gasteiger partial charge in [0.2, 0.25) is 6.41 Å². The molecule has 0 spiro atoms. The van der Waals surface area contributed by atoms with Gasteiger partial charge in [-0.3, -0.25) is 9.59 Å². The van der Waals surface area contributed by atoms with Crippen molar-refractivity contribution in [2.45, 2.75) is 32.2 Å². The van der Waals surface area contributed by atoms with Gasteiger partial charge in [0.15, 0.2) is 0 Å². The van der Waals surface area contributed by atoms with E-state index in [1.54, 1.807) is 24.3 Å². The molecule has 2 aliphatic rings. The molecule has 31 heavy (non-hydrogen) atoms. The highest BCUT2D eigenvalue weighted by Gasteiger charge is 2.44. The number of fused-ring (bicyclic) bond motifs is 3. The van der Waals surface area contributed by atoms with Crippen LogP contribution in [0.25, 0.3) is 0 Å². The molecule has 1 heterocycles. The van der Waals surface area contributed by atoms with Gasteiger partial charge in [-0.1, -0.05) is 26.0 Å². The Morgan fingerprint density at radius 1 is 1.26 bits per heavy atom. The lowest BCUT2D eigenvalue weighted by Crippen LogP contribution is -2.51. The lowest BCUT2D eigenvalue weighted by atomic mass is 9.69. The smallest absolute Gasteiger partial charge is 0.251 e. The van der Waals surface area contributed by atoms with E-state index in [1.807, 2.05) is 18.2 Å². The van der Waals surface area contributed by atoms with Gasteiger partial charge in [-0.25, -0.2) is 0 Å². The normalized spacial score (nSPS) is 21.3. The van der Waals surface area contributed by atoms with E-state index in [2.05, 4.69) is 48.0 Å². The Morgan fingerprint density at radius 2 is 2.03 bits per heavy atom. The molecule has 0 aromatic heterocycles. The van der Waals surface area contributed by atoms with Crippen molar-refractivity contribution in [3.05, 3.63) is 71.3 Å². The van der Waals surface area contributed by atoms with Crippen LogP contribution in [0.5, 0.6) is 0 Å². The maximum atomic E-state index is 12.7. The van der Waals surface area contributed by atoms with Gasteiger partial charge in [0.1, 0.15) is 0 Å². The Morgan fingerprint density at radius 3 is 2.74 bits per heavy atom. The van der Waals surface area contributed by atoms with Crippen molar-refractivity contribution in [2.75, 3.05) is 17.2 Å². The first-order valence-corrected chi connectivity index (χ1v) is 10.5. The van der Waals surface area contributed by atoms with E-state index < -0.39 is 0 Å². The predicted octanol–water partition coefficient (Wildman–Crippen LogP) is 4.04. The van der Waals surface area contributed by atoms with Crippen LogP contribution in [0.4, 0.5) is 11.4 Å². The van der Waals surface area contributed by atoms with Gasteiger partial charge >= 0.3 is 0 Å². The number of carbonyl (C=O) groups is 2. The molecule has 0 radical (unpaired) electrons. The number of carbonyl (C=O) groups excluding carboxylic acids is 2. The van der Waals surface area contributed by atoms with Crippen LogP contribution < -0.4 is 16.0 Å². The van der Waals surface area contributed by atoms with Crippen LogP contribution in [0.3, 0.4) is 0 Å². The molecule has 3 N–H and O–H groups in total. The molecule has 0 bridgehead atoms. The summed E-state index contributed by atoms with van der Waals surface area (Å²) in [7, 11) is 0. The number of allylic oxidation sites excluding steroid dienone is 2. The molecule has 0 saturated carbocycles. The second kappa shape index (κ2) is 8.27. The molecule has 1 aliphatic heterocycles. The number of hydrogen-bond donors (Lipinski definition) is 3. The molecule has 158 valence electrons. The summed E-state index contributed by atoms with van der Waals surface area (Å²) in [5.41, 5.74) is 3.93. The fraction of sp³-hybridized carbons (Fsp3) is 0.320. The summed E-state index contributed by atoms with van der Waals surface area (Å²) < 4.78 is 0. The first-order valence-electron chi connectivity index (χ1n) is 10.5. The molecule has 2 aromatic rings. The average Bonchev–Trinajstić information content (AvgIpc) is 3.27. The predicted molar refractivity (Wildman–Crippen MR) is 121 cm³/mol. The molecule has 0 unspecified atom stereocenters. The van der Waals surface area contributed by atoms with Crippen LogP contribution in [0, 0.1) is 22.7 Å². The lowest BCUT2D eigenvalue weighted by molar-refractivity contribution is -0.105. The minimum Gasteiger partial charge on any atom is -0.381 e. The van der Waals surface area contributed by atoms with Gasteiger partial charge < -0.3 is 16.0 Å². The third-order valence-electron chi connectivity index (χ3n) is 6.41. The van der Waals surface area contributed by atoms with Gasteiger partial charge in [-0.15, -0.1) is 0 Å². The van der Waals surface area contributed by atoms with Crippen molar-refractivity contribution in [1.29, 1.82) is 5.26 Å². The first-order chi connectivity index (χ1) is 14.9. The van der Waals surface area contributed by atoms with Crippen molar-refractivity contribution in [2.24, 2.45) is 11.3 Å². The van der Waals surface area contributed by atoms with Gasteiger partial charge in [-0.2, -0.15) is 5.26 Å². The van der Waals surface area contributed by atoms with Crippen LogP contribution in [-0.2, 0) is 4.79 Å². The highest BCUT2D eigenvalue weighted by Crippen LogP contribution is 2.48. The molecule has 3 atom stereocenters. The number of benzene rings is 2. The Labute approximate surface area is 182 Å². The summed E-state index contributed by atoms with van der Waals surface area (Å²) in [4.78, 5) is 23.2. The zero-order chi connectivity index (χ0) is 22.0. The van der Waals surface area contributed by atoms with Crippen molar-refractivity contribution in [1.82, 2.24) is 5.32 Å². The molecular formula is C25H26N4O2. The van der Waals surface area contributed by atoms with E-state index in [4.69, 9.17) is 0 Å². The molecule has 6 heteroatoms. The molecule has 0 saturated heterocycles. The van der Waals surface area contributed by atoms with Gasteiger partial charge in [-0.05, 0) is 60.4 Å². The van der Waals surface area contributed by atoms with E-state index in [0.717, 1.165) is 12.1 Å². The van der Waals surface area contributed by atoms with Crippen molar-refractivity contribution in [3.8, 4) is 6.07 Å². The number of nitrogens with zero attached hydrogens (tertiary/aromatic N) is 1. The number of rotatable bonds is 6. The second-order valence-electron chi connectivity index (χ2n) is 8.90. The zero-order valence-electron chi connectivity index (χ0n) is 17.7. The summed E-state index contributed by atoms with van der Waals surface area (Å²) in [6, 6.07) is 15.1. The van der Waals surface area contributed by atoms with E-state index >= 15 is 0 Å². The summed E-state index contributed by atoms with van der Waals surface area (Å²) in [5.74, 6) is 0.520. The monoisotopic (exact) mass is 414 g/mol. The number of anilines is 2. The number of nitrogens with one attached hydrogen (secondary N) is 3. The summed E-state index contributed by atoms with van der Waals surface area (Å²) in [6.07, 6.45) is 6.06. The number of hydrogen-bond acceptors (Lipinski definition) is 4. The van der Waals surface area contributed by atoms with E-state index in [1.165, 1.54) is 5.56 Å². The lowest BCUT2D eigenvalue weighted by Gasteiger charge is -2.45. The SMILES string of the molecule is CC(C)(CNC(=O)c1ccc(NC=O)cc1)[C@H]1Nc2ccc(C#N)cc2[C@H]2C=CC[C@H]21. The quantitative estimate of drug-likeness (QED) is 0.491. The van der Waals surface area contributed by atoms with Crippen molar-refractivity contribution >= 4 is 23.7 Å². The van der Waals surface area contributed by atoms with E-state index in [-0.39, 0.29) is 23.3 Å². The third kappa shape index (κ3) is 4.04. The summed E-state index contributed by atoms with van der Waals surface area (Å²) in [6.45, 7) is 4.87. The maximum absolute atomic E-state index is 12.7. The van der Waals surface area contributed by atoms with Gasteiger partial charge in [0.05, 0.1) is 11.6 Å². The molecule has 2 aromatic carbocycles. The fourth-order valence-corrected chi connectivity index (χ4v) is 4.74. The number of nitriles is 1. The average molecular weight is 415 g/mol. The largest absolute Gasteiger partial charge is 0.381 e. The Hall–Kier alpha value is -3.59. The second-order valence-corrected chi connectivity index (χ2v) is 8.90. The maximum Gasteiger partial charge on any atom is 0.251 e. The standard InChI is InChI=1S/C25H26N4O2/c1-25(2,14-27-24(31)17-7-9-18(10-8-17)28-15-30)23-20-5-3-4-19(20)21-12-16(13-26)6-11-22(21)29-23/h3-4,6-12,15,19-20,23,29H,5,14H2,1-2H3,(H,27,31)(H,28,30)/t19-,20+,23-/m0/s1. The van der Waals surface area contributed by atoms with Crippen LogP contribution in [0.2, 0.25) is 0 Å². The fourth-order valence-electron chi connectivity index (χ4n) is 4.74. The minimum absolute atomic E-state index is 0.137. The first kappa shape index (κ1) is 20.7. The van der Waals surface area contributed by atoms with E-state index in [0.29, 0.717) is 35.7 Å². The van der Waals surface area contributed by atoms with Gasteiger partial charge in [0.25, 0.3) is 5.91 Å². The highest BCUT2D eigenvalue weighted by molar-refractivity contribution is 5.94. The molecule has 2 amide bonds. The Bertz CT molecular complexity index is 1070. The Kier molecular flexibility index (Phi) is 5.51. The zero-order valence-corrected chi connectivity index (χ0v) is 17.7.